The van der Waals surface area contributed by atoms with Crippen molar-refractivity contribution in [3.63, 3.8) is 0 Å². The molecule has 1 aromatic heterocycles. The second-order valence-corrected chi connectivity index (χ2v) is 3.52. The van der Waals surface area contributed by atoms with Crippen LogP contribution in [0, 0.1) is 11.6 Å². The maximum Gasteiger partial charge on any atom is 0.375 e. The summed E-state index contributed by atoms with van der Waals surface area (Å²) < 4.78 is 27.1. The molecule has 0 saturated carbocycles. The number of aromatic nitrogens is 3. The quantitative estimate of drug-likeness (QED) is 0.905. The number of benzene rings is 1. The van der Waals surface area contributed by atoms with E-state index in [1.807, 2.05) is 0 Å². The first-order valence-corrected chi connectivity index (χ1v) is 5.17. The maximum absolute atomic E-state index is 13.1. The Balaban J connectivity index is 2.55. The lowest BCUT2D eigenvalue weighted by Crippen LogP contribution is -2.04. The van der Waals surface area contributed by atoms with Gasteiger partial charge in [0.1, 0.15) is 5.82 Å². The van der Waals surface area contributed by atoms with E-state index in [2.05, 4.69) is 10.1 Å². The summed E-state index contributed by atoms with van der Waals surface area (Å²) in [5.41, 5.74) is 0.228. The van der Waals surface area contributed by atoms with Crippen molar-refractivity contribution >= 4 is 5.97 Å². The number of rotatable bonds is 3. The molecule has 0 spiro atoms. The molecule has 0 aliphatic carbocycles. The summed E-state index contributed by atoms with van der Waals surface area (Å²) in [5, 5.41) is 12.5. The van der Waals surface area contributed by atoms with E-state index >= 15 is 0 Å². The number of hydrogen-bond donors (Lipinski definition) is 1. The van der Waals surface area contributed by atoms with Crippen LogP contribution in [0.3, 0.4) is 0 Å². The lowest BCUT2D eigenvalue weighted by atomic mass is 10.3. The molecule has 0 bridgehead atoms. The van der Waals surface area contributed by atoms with Crippen LogP contribution >= 0.6 is 0 Å². The first kappa shape index (κ1) is 12.2. The molecule has 5 nitrogen and oxygen atoms in total. The fraction of sp³-hybridized carbons (Fsp3) is 0.182. The normalized spacial score (nSPS) is 10.6. The third-order valence-corrected chi connectivity index (χ3v) is 2.33. The molecule has 2 rings (SSSR count). The van der Waals surface area contributed by atoms with Crippen molar-refractivity contribution in [2.45, 2.75) is 13.3 Å². The van der Waals surface area contributed by atoms with Crippen molar-refractivity contribution < 1.29 is 18.7 Å². The largest absolute Gasteiger partial charge is 0.475 e. The molecule has 0 aliphatic rings. The number of aryl methyl sites for hydroxylation is 1. The highest BCUT2D eigenvalue weighted by atomic mass is 19.2. The minimum absolute atomic E-state index is 0.228. The van der Waals surface area contributed by atoms with Gasteiger partial charge in [-0.1, -0.05) is 6.92 Å². The van der Waals surface area contributed by atoms with Crippen LogP contribution in [0.25, 0.3) is 5.69 Å². The first-order chi connectivity index (χ1) is 8.52. The van der Waals surface area contributed by atoms with E-state index in [0.717, 1.165) is 12.1 Å². The fourth-order valence-electron chi connectivity index (χ4n) is 1.49. The van der Waals surface area contributed by atoms with Gasteiger partial charge in [0.05, 0.1) is 5.69 Å². The van der Waals surface area contributed by atoms with Crippen molar-refractivity contribution in [1.82, 2.24) is 14.8 Å². The van der Waals surface area contributed by atoms with Gasteiger partial charge >= 0.3 is 5.97 Å². The summed E-state index contributed by atoms with van der Waals surface area (Å²) in [5.74, 6) is -3.29. The Hall–Kier alpha value is -2.31. The van der Waals surface area contributed by atoms with Crippen LogP contribution in [0.15, 0.2) is 18.2 Å². The molecular weight excluding hydrogens is 244 g/mol. The van der Waals surface area contributed by atoms with Crippen molar-refractivity contribution in [2.24, 2.45) is 0 Å². The number of hydrogen-bond acceptors (Lipinski definition) is 3. The van der Waals surface area contributed by atoms with Crippen molar-refractivity contribution in [3.8, 4) is 5.69 Å². The van der Waals surface area contributed by atoms with Crippen LogP contribution in [0.2, 0.25) is 0 Å². The summed E-state index contributed by atoms with van der Waals surface area (Å²) in [4.78, 5) is 14.6. The van der Waals surface area contributed by atoms with Gasteiger partial charge in [-0.25, -0.2) is 23.2 Å². The molecule has 0 unspecified atom stereocenters. The zero-order valence-electron chi connectivity index (χ0n) is 9.39. The van der Waals surface area contributed by atoms with Gasteiger partial charge in [-0.05, 0) is 12.1 Å². The average Bonchev–Trinajstić information content (AvgIpc) is 2.77. The smallest absolute Gasteiger partial charge is 0.375 e. The molecule has 18 heavy (non-hydrogen) atoms. The topological polar surface area (TPSA) is 68.0 Å². The zero-order valence-corrected chi connectivity index (χ0v) is 9.39. The van der Waals surface area contributed by atoms with Gasteiger partial charge in [-0.15, -0.1) is 5.10 Å². The minimum Gasteiger partial charge on any atom is -0.475 e. The zero-order chi connectivity index (χ0) is 13.3. The molecule has 0 saturated heterocycles. The average molecular weight is 253 g/mol. The summed E-state index contributed by atoms with van der Waals surface area (Å²) in [6.07, 6.45) is 0.416. The van der Waals surface area contributed by atoms with Gasteiger partial charge in [0, 0.05) is 12.5 Å². The van der Waals surface area contributed by atoms with Crippen molar-refractivity contribution in [2.75, 3.05) is 0 Å². The summed E-state index contributed by atoms with van der Waals surface area (Å²) >= 11 is 0. The Labute approximate surface area is 101 Å². The second-order valence-electron chi connectivity index (χ2n) is 3.52. The number of halogens is 2. The van der Waals surface area contributed by atoms with Crippen LogP contribution < -0.4 is 0 Å². The van der Waals surface area contributed by atoms with Gasteiger partial charge in [0.25, 0.3) is 5.82 Å². The third-order valence-electron chi connectivity index (χ3n) is 2.33. The van der Waals surface area contributed by atoms with E-state index < -0.39 is 17.6 Å². The number of nitrogens with zero attached hydrogens (tertiary/aromatic N) is 3. The SMILES string of the molecule is CCc1nc(C(=O)O)nn1-c1ccc(F)c(F)c1. The van der Waals surface area contributed by atoms with Gasteiger partial charge < -0.3 is 5.11 Å². The Bertz CT molecular complexity index is 610. The van der Waals surface area contributed by atoms with E-state index in [0.29, 0.717) is 12.2 Å². The molecule has 2 aromatic rings. The standard InChI is InChI=1S/C11H9F2N3O2/c1-2-9-14-10(11(17)18)15-16(9)6-3-4-7(12)8(13)5-6/h3-5H,2H2,1H3,(H,17,18). The monoisotopic (exact) mass is 253 g/mol. The van der Waals surface area contributed by atoms with Gasteiger partial charge in [-0.3, -0.25) is 0 Å². The van der Waals surface area contributed by atoms with Crippen molar-refractivity contribution in [3.05, 3.63) is 41.5 Å². The fourth-order valence-corrected chi connectivity index (χ4v) is 1.49. The van der Waals surface area contributed by atoms with Crippen LogP contribution in [-0.4, -0.2) is 25.8 Å². The lowest BCUT2D eigenvalue weighted by Gasteiger charge is -2.04. The van der Waals surface area contributed by atoms with Crippen LogP contribution in [0.1, 0.15) is 23.4 Å². The predicted octanol–water partition coefficient (Wildman–Crippen LogP) is 1.81. The van der Waals surface area contributed by atoms with E-state index in [-0.39, 0.29) is 11.5 Å². The maximum atomic E-state index is 13.1. The molecule has 1 aromatic carbocycles. The Morgan fingerprint density at radius 3 is 2.67 bits per heavy atom. The first-order valence-electron chi connectivity index (χ1n) is 5.17. The summed E-state index contributed by atoms with van der Waals surface area (Å²) in [7, 11) is 0. The van der Waals surface area contributed by atoms with Crippen LogP contribution in [-0.2, 0) is 6.42 Å². The number of carboxylic acids is 1. The van der Waals surface area contributed by atoms with E-state index in [1.54, 1.807) is 6.92 Å². The summed E-state index contributed by atoms with van der Waals surface area (Å²) in [6, 6.07) is 3.19. The molecule has 0 radical (unpaired) electrons. The second kappa shape index (κ2) is 4.52. The third kappa shape index (κ3) is 2.06. The van der Waals surface area contributed by atoms with E-state index in [1.165, 1.54) is 10.7 Å². The Morgan fingerprint density at radius 1 is 1.39 bits per heavy atom. The molecule has 0 aliphatic heterocycles. The highest BCUT2D eigenvalue weighted by Crippen LogP contribution is 2.14. The van der Waals surface area contributed by atoms with Crippen LogP contribution in [0.5, 0.6) is 0 Å². The van der Waals surface area contributed by atoms with Gasteiger partial charge in [0.2, 0.25) is 0 Å². The Kier molecular flexibility index (Phi) is 3.05. The molecule has 1 heterocycles. The van der Waals surface area contributed by atoms with Gasteiger partial charge in [0.15, 0.2) is 11.6 Å². The Morgan fingerprint density at radius 2 is 2.11 bits per heavy atom. The number of aromatic carboxylic acids is 1. The predicted molar refractivity (Wildman–Crippen MR) is 57.6 cm³/mol. The van der Waals surface area contributed by atoms with Crippen LogP contribution in [0.4, 0.5) is 8.78 Å². The van der Waals surface area contributed by atoms with Gasteiger partial charge in [-0.2, -0.15) is 0 Å². The highest BCUT2D eigenvalue weighted by molar-refractivity contribution is 5.83. The highest BCUT2D eigenvalue weighted by Gasteiger charge is 2.16. The molecule has 7 heteroatoms. The molecule has 0 atom stereocenters. The molecular formula is C11H9F2N3O2. The van der Waals surface area contributed by atoms with E-state index in [9.17, 15) is 13.6 Å². The molecule has 0 amide bonds. The lowest BCUT2D eigenvalue weighted by molar-refractivity contribution is 0.0683. The minimum atomic E-state index is -1.27. The molecule has 0 fully saturated rings. The van der Waals surface area contributed by atoms with Crippen molar-refractivity contribution in [1.29, 1.82) is 0 Å². The number of carbonyl (C=O) groups is 1. The van der Waals surface area contributed by atoms with E-state index in [4.69, 9.17) is 5.11 Å². The number of carboxylic acid groups (broad SMARTS) is 1. The molecule has 94 valence electrons. The summed E-state index contributed by atoms with van der Waals surface area (Å²) in [6.45, 7) is 1.76. The molecule has 1 N–H and O–H groups in total.